The number of benzene rings is 3. The summed E-state index contributed by atoms with van der Waals surface area (Å²) >= 11 is 0. The highest BCUT2D eigenvalue weighted by Crippen LogP contribution is 2.35. The molecule has 0 saturated carbocycles. The van der Waals surface area contributed by atoms with Gasteiger partial charge in [0.05, 0.1) is 12.7 Å². The van der Waals surface area contributed by atoms with Gasteiger partial charge in [0.25, 0.3) is 0 Å². The van der Waals surface area contributed by atoms with E-state index in [0.717, 1.165) is 12.5 Å². The van der Waals surface area contributed by atoms with Gasteiger partial charge in [-0.1, -0.05) is 54.6 Å². The Hall–Kier alpha value is -2.92. The van der Waals surface area contributed by atoms with Gasteiger partial charge in [-0.25, -0.2) is 17.6 Å². The van der Waals surface area contributed by atoms with Crippen LogP contribution in [0.2, 0.25) is 0 Å². The molecule has 0 aromatic heterocycles. The fraction of sp³-hybridized carbons (Fsp3) is 0.200. The highest BCUT2D eigenvalue weighted by Gasteiger charge is 2.26. The summed E-state index contributed by atoms with van der Waals surface area (Å²) in [5.41, 5.74) is 1.42. The first kappa shape index (κ1) is 20.4. The number of rotatable bonds is 4. The van der Waals surface area contributed by atoms with Crippen molar-refractivity contribution in [3.8, 4) is 22.3 Å². The van der Waals surface area contributed by atoms with E-state index in [-0.39, 0.29) is 23.1 Å². The molecular formula is C25H20F4O. The molecular weight excluding hydrogens is 392 g/mol. The molecule has 0 aliphatic carbocycles. The lowest BCUT2D eigenvalue weighted by atomic mass is 9.89. The summed E-state index contributed by atoms with van der Waals surface area (Å²) in [6.45, 7) is 4.01. The first-order valence-electron chi connectivity index (χ1n) is 9.76. The van der Waals surface area contributed by atoms with Gasteiger partial charge in [-0.2, -0.15) is 0 Å². The number of hydrogen-bond donors (Lipinski definition) is 0. The predicted molar refractivity (Wildman–Crippen MR) is 109 cm³/mol. The van der Waals surface area contributed by atoms with Crippen LogP contribution in [0, 0.1) is 23.3 Å². The number of halogens is 4. The van der Waals surface area contributed by atoms with Crippen molar-refractivity contribution in [2.45, 2.75) is 24.9 Å². The third-order valence-electron chi connectivity index (χ3n) is 5.58. The highest BCUT2D eigenvalue weighted by atomic mass is 19.2. The standard InChI is InChI=1S/C25H20F4O/c1-2-18-11-10-17(14-30-18)21-13-12-20(24(28)25(21)29)16-8-6-15(7-9-16)19-4-3-5-22(26)23(19)27/h2-9,12-13,17-18H,1,10-11,14H2. The van der Waals surface area contributed by atoms with Crippen LogP contribution in [0.25, 0.3) is 22.3 Å². The van der Waals surface area contributed by atoms with Crippen LogP contribution in [-0.2, 0) is 4.74 Å². The fourth-order valence-corrected chi connectivity index (χ4v) is 3.86. The second-order valence-corrected chi connectivity index (χ2v) is 7.39. The van der Waals surface area contributed by atoms with Crippen molar-refractivity contribution < 1.29 is 22.3 Å². The van der Waals surface area contributed by atoms with E-state index in [2.05, 4.69) is 6.58 Å². The summed E-state index contributed by atoms with van der Waals surface area (Å²) in [4.78, 5) is 0. The van der Waals surface area contributed by atoms with Crippen molar-refractivity contribution in [3.05, 3.63) is 96.1 Å². The Balaban J connectivity index is 1.61. The van der Waals surface area contributed by atoms with Gasteiger partial charge >= 0.3 is 0 Å². The summed E-state index contributed by atoms with van der Waals surface area (Å²) < 4.78 is 62.7. The molecule has 3 aromatic rings. The molecule has 4 rings (SSSR count). The Morgan fingerprint density at radius 3 is 2.03 bits per heavy atom. The van der Waals surface area contributed by atoms with Crippen molar-refractivity contribution in [1.82, 2.24) is 0 Å². The molecule has 1 saturated heterocycles. The zero-order valence-corrected chi connectivity index (χ0v) is 16.2. The lowest BCUT2D eigenvalue weighted by molar-refractivity contribution is 0.0320. The first-order chi connectivity index (χ1) is 14.5. The summed E-state index contributed by atoms with van der Waals surface area (Å²) in [6.07, 6.45) is 3.08. The van der Waals surface area contributed by atoms with Gasteiger partial charge in [-0.15, -0.1) is 6.58 Å². The predicted octanol–water partition coefficient (Wildman–Crippen LogP) is 7.03. The van der Waals surface area contributed by atoms with Crippen molar-refractivity contribution in [2.24, 2.45) is 0 Å². The maximum Gasteiger partial charge on any atom is 0.166 e. The molecule has 1 nitrogen and oxygen atoms in total. The smallest absolute Gasteiger partial charge is 0.166 e. The van der Waals surface area contributed by atoms with Crippen LogP contribution in [-0.4, -0.2) is 12.7 Å². The van der Waals surface area contributed by atoms with E-state index in [1.54, 1.807) is 42.5 Å². The SMILES string of the molecule is C=CC1CCC(c2ccc(-c3ccc(-c4cccc(F)c4F)cc3)c(F)c2F)CO1. The maximum atomic E-state index is 14.8. The van der Waals surface area contributed by atoms with Crippen molar-refractivity contribution >= 4 is 0 Å². The van der Waals surface area contributed by atoms with Gasteiger partial charge in [0.15, 0.2) is 23.3 Å². The van der Waals surface area contributed by atoms with Crippen LogP contribution >= 0.6 is 0 Å². The number of ether oxygens (including phenoxy) is 1. The molecule has 2 unspecified atom stereocenters. The van der Waals surface area contributed by atoms with Gasteiger partial charge in [-0.3, -0.25) is 0 Å². The Kier molecular flexibility index (Phi) is 5.73. The van der Waals surface area contributed by atoms with E-state index in [9.17, 15) is 17.6 Å². The minimum absolute atomic E-state index is 0.0464. The molecule has 1 aliphatic heterocycles. The van der Waals surface area contributed by atoms with E-state index in [1.807, 2.05) is 0 Å². The van der Waals surface area contributed by atoms with E-state index in [1.165, 1.54) is 12.1 Å². The van der Waals surface area contributed by atoms with Crippen molar-refractivity contribution in [2.75, 3.05) is 6.61 Å². The quantitative estimate of drug-likeness (QED) is 0.330. The minimum Gasteiger partial charge on any atom is -0.374 e. The van der Waals surface area contributed by atoms with Gasteiger partial charge in [0, 0.05) is 17.0 Å². The largest absolute Gasteiger partial charge is 0.374 e. The highest BCUT2D eigenvalue weighted by molar-refractivity contribution is 5.71. The third kappa shape index (κ3) is 3.77. The van der Waals surface area contributed by atoms with Gasteiger partial charge in [-0.05, 0) is 35.6 Å². The molecule has 0 spiro atoms. The van der Waals surface area contributed by atoms with E-state index >= 15 is 0 Å². The van der Waals surface area contributed by atoms with Gasteiger partial charge in [0.1, 0.15) is 0 Å². The van der Waals surface area contributed by atoms with E-state index in [4.69, 9.17) is 4.74 Å². The second-order valence-electron chi connectivity index (χ2n) is 7.39. The van der Waals surface area contributed by atoms with Crippen molar-refractivity contribution in [1.29, 1.82) is 0 Å². The molecule has 3 aromatic carbocycles. The molecule has 5 heteroatoms. The lowest BCUT2D eigenvalue weighted by Gasteiger charge is -2.28. The van der Waals surface area contributed by atoms with Crippen LogP contribution in [0.3, 0.4) is 0 Å². The van der Waals surface area contributed by atoms with Gasteiger partial charge < -0.3 is 4.74 Å². The van der Waals surface area contributed by atoms with Crippen LogP contribution in [0.5, 0.6) is 0 Å². The van der Waals surface area contributed by atoms with Gasteiger partial charge in [0.2, 0.25) is 0 Å². The topological polar surface area (TPSA) is 9.23 Å². The first-order valence-corrected chi connectivity index (χ1v) is 9.76. The van der Waals surface area contributed by atoms with Crippen LogP contribution < -0.4 is 0 Å². The van der Waals surface area contributed by atoms with E-state index < -0.39 is 23.3 Å². The molecule has 0 N–H and O–H groups in total. The molecule has 0 amide bonds. The molecule has 1 aliphatic rings. The summed E-state index contributed by atoms with van der Waals surface area (Å²) in [5.74, 6) is -3.89. The number of hydrogen-bond acceptors (Lipinski definition) is 1. The Morgan fingerprint density at radius 1 is 0.767 bits per heavy atom. The molecule has 1 fully saturated rings. The molecule has 1 heterocycles. The lowest BCUT2D eigenvalue weighted by Crippen LogP contribution is -2.23. The monoisotopic (exact) mass is 412 g/mol. The third-order valence-corrected chi connectivity index (χ3v) is 5.58. The molecule has 30 heavy (non-hydrogen) atoms. The maximum absolute atomic E-state index is 14.8. The molecule has 0 radical (unpaired) electrons. The molecule has 0 bridgehead atoms. The molecule has 154 valence electrons. The minimum atomic E-state index is -0.944. The zero-order valence-electron chi connectivity index (χ0n) is 16.2. The zero-order chi connectivity index (χ0) is 21.3. The van der Waals surface area contributed by atoms with Crippen LogP contribution in [0.4, 0.5) is 17.6 Å². The van der Waals surface area contributed by atoms with Crippen LogP contribution in [0.15, 0.2) is 67.3 Å². The normalized spacial score (nSPS) is 18.9. The summed E-state index contributed by atoms with van der Waals surface area (Å²) in [5, 5.41) is 0. The van der Waals surface area contributed by atoms with E-state index in [0.29, 0.717) is 29.7 Å². The second kappa shape index (κ2) is 8.44. The average Bonchev–Trinajstić information content (AvgIpc) is 2.78. The summed E-state index contributed by atoms with van der Waals surface area (Å²) in [6, 6.07) is 13.3. The Labute approximate surface area is 172 Å². The van der Waals surface area contributed by atoms with Crippen molar-refractivity contribution in [3.63, 3.8) is 0 Å². The molecule has 2 atom stereocenters. The van der Waals surface area contributed by atoms with Crippen LogP contribution in [0.1, 0.15) is 24.3 Å². The summed E-state index contributed by atoms with van der Waals surface area (Å²) in [7, 11) is 0. The fourth-order valence-electron chi connectivity index (χ4n) is 3.86. The Bertz CT molecular complexity index is 1070. The average molecular weight is 412 g/mol. The Morgan fingerprint density at radius 2 is 1.43 bits per heavy atom.